The van der Waals surface area contributed by atoms with E-state index in [4.69, 9.17) is 0 Å². The van der Waals surface area contributed by atoms with Crippen molar-refractivity contribution in [2.75, 3.05) is 25.1 Å². The van der Waals surface area contributed by atoms with Gasteiger partial charge in [0.1, 0.15) is 5.69 Å². The van der Waals surface area contributed by atoms with Gasteiger partial charge < -0.3 is 15.2 Å². The van der Waals surface area contributed by atoms with Crippen molar-refractivity contribution in [1.29, 1.82) is 0 Å². The minimum atomic E-state index is -0.174. The van der Waals surface area contributed by atoms with Crippen LogP contribution < -0.4 is 9.96 Å². The average Bonchev–Trinajstić information content (AvgIpc) is 3.07. The SMILES string of the molecule is CCCC1(N2CCC([N+]3([O-])CNc4ccccc43)CC2)CCC(=C(C)C)CC1. The fourth-order valence-corrected chi connectivity index (χ4v) is 6.03. The summed E-state index contributed by atoms with van der Waals surface area (Å²) in [6, 6.07) is 8.27. The van der Waals surface area contributed by atoms with Crippen molar-refractivity contribution in [1.82, 2.24) is 9.55 Å². The van der Waals surface area contributed by atoms with Gasteiger partial charge in [0, 0.05) is 37.5 Å². The number of hydrogen-bond donors (Lipinski definition) is 1. The number of likely N-dealkylation sites (tertiary alicyclic amines) is 1. The van der Waals surface area contributed by atoms with Gasteiger partial charge in [-0.3, -0.25) is 4.90 Å². The van der Waals surface area contributed by atoms with Crippen LogP contribution in [0.3, 0.4) is 0 Å². The lowest BCUT2D eigenvalue weighted by atomic mass is 9.73. The summed E-state index contributed by atoms with van der Waals surface area (Å²) in [5.74, 6) is 0. The molecule has 0 radical (unpaired) electrons. The fourth-order valence-electron chi connectivity index (χ4n) is 6.03. The van der Waals surface area contributed by atoms with Crippen LogP contribution in [0.2, 0.25) is 0 Å². The zero-order valence-corrected chi connectivity index (χ0v) is 18.0. The molecular weight excluding hydrogens is 346 g/mol. The van der Waals surface area contributed by atoms with E-state index in [0.29, 0.717) is 12.2 Å². The molecule has 154 valence electrons. The summed E-state index contributed by atoms with van der Waals surface area (Å²) in [5.41, 5.74) is 5.55. The van der Waals surface area contributed by atoms with Gasteiger partial charge in [0.25, 0.3) is 0 Å². The number of quaternary nitrogens is 1. The van der Waals surface area contributed by atoms with E-state index in [0.717, 1.165) is 37.3 Å². The number of allylic oxidation sites excluding steroid dienone is 2. The largest absolute Gasteiger partial charge is 0.626 e. The number of rotatable bonds is 4. The Bertz CT molecular complexity index is 721. The van der Waals surface area contributed by atoms with Crippen LogP contribution in [-0.2, 0) is 0 Å². The summed E-state index contributed by atoms with van der Waals surface area (Å²) in [6.07, 6.45) is 9.71. The lowest BCUT2D eigenvalue weighted by Gasteiger charge is -2.53. The molecule has 1 atom stereocenters. The Balaban J connectivity index is 1.45. The molecule has 4 heteroatoms. The molecule has 0 spiro atoms. The summed E-state index contributed by atoms with van der Waals surface area (Å²) < 4.78 is -0.174. The van der Waals surface area contributed by atoms with E-state index >= 15 is 0 Å². The van der Waals surface area contributed by atoms with Gasteiger partial charge in [-0.05, 0) is 52.0 Å². The Morgan fingerprint density at radius 2 is 1.86 bits per heavy atom. The highest BCUT2D eigenvalue weighted by molar-refractivity contribution is 5.72. The fraction of sp³-hybridized carbons (Fsp3) is 0.667. The molecule has 1 N–H and O–H groups in total. The third-order valence-electron chi connectivity index (χ3n) is 7.75. The molecule has 1 unspecified atom stereocenters. The molecule has 3 aliphatic rings. The Morgan fingerprint density at radius 1 is 1.18 bits per heavy atom. The van der Waals surface area contributed by atoms with Crippen LogP contribution in [0.25, 0.3) is 0 Å². The molecule has 4 rings (SSSR count). The van der Waals surface area contributed by atoms with Gasteiger partial charge in [-0.25, -0.2) is 0 Å². The van der Waals surface area contributed by atoms with Gasteiger partial charge in [-0.2, -0.15) is 0 Å². The maximum Gasteiger partial charge on any atom is 0.158 e. The molecule has 2 aliphatic heterocycles. The predicted octanol–water partition coefficient (Wildman–Crippen LogP) is 5.79. The zero-order chi connectivity index (χ0) is 19.8. The predicted molar refractivity (Wildman–Crippen MR) is 119 cm³/mol. The molecule has 0 amide bonds. The zero-order valence-electron chi connectivity index (χ0n) is 18.0. The normalized spacial score (nSPS) is 31.5. The average molecular weight is 384 g/mol. The number of hydroxylamine groups is 2. The van der Waals surface area contributed by atoms with Crippen molar-refractivity contribution in [3.8, 4) is 0 Å². The summed E-state index contributed by atoms with van der Waals surface area (Å²) in [7, 11) is 0. The van der Waals surface area contributed by atoms with Gasteiger partial charge in [-0.15, -0.1) is 0 Å². The summed E-state index contributed by atoms with van der Waals surface area (Å²) >= 11 is 0. The molecule has 1 saturated carbocycles. The minimum absolute atomic E-state index is 0.174. The van der Waals surface area contributed by atoms with Crippen LogP contribution in [0.4, 0.5) is 11.4 Å². The van der Waals surface area contributed by atoms with E-state index in [1.807, 2.05) is 24.3 Å². The van der Waals surface area contributed by atoms with Crippen molar-refractivity contribution in [3.05, 3.63) is 40.6 Å². The lowest BCUT2D eigenvalue weighted by molar-refractivity contribution is 0.0165. The molecule has 4 nitrogen and oxygen atoms in total. The van der Waals surface area contributed by atoms with E-state index < -0.39 is 0 Å². The Labute approximate surface area is 170 Å². The first-order valence-corrected chi connectivity index (χ1v) is 11.3. The molecule has 2 fully saturated rings. The number of hydrogen-bond acceptors (Lipinski definition) is 3. The molecule has 1 aromatic carbocycles. The monoisotopic (exact) mass is 383 g/mol. The smallest absolute Gasteiger partial charge is 0.158 e. The van der Waals surface area contributed by atoms with Crippen molar-refractivity contribution in [2.45, 2.75) is 83.7 Å². The molecule has 28 heavy (non-hydrogen) atoms. The number of piperidine rings is 1. The number of anilines is 1. The molecular formula is C24H37N3O. The molecule has 1 aliphatic carbocycles. The van der Waals surface area contributed by atoms with Crippen molar-refractivity contribution in [3.63, 3.8) is 0 Å². The van der Waals surface area contributed by atoms with Crippen molar-refractivity contribution >= 4 is 11.4 Å². The van der Waals surface area contributed by atoms with Crippen LogP contribution in [-0.4, -0.2) is 36.2 Å². The first-order chi connectivity index (χ1) is 13.5. The molecule has 0 bridgehead atoms. The lowest BCUT2D eigenvalue weighted by Crippen LogP contribution is -2.60. The second-order valence-electron chi connectivity index (χ2n) is 9.44. The van der Waals surface area contributed by atoms with Gasteiger partial charge in [-0.1, -0.05) is 36.6 Å². The van der Waals surface area contributed by atoms with E-state index in [-0.39, 0.29) is 10.7 Å². The number of nitrogens with zero attached hydrogens (tertiary/aromatic N) is 2. The highest BCUT2D eigenvalue weighted by Gasteiger charge is 2.44. The van der Waals surface area contributed by atoms with Crippen LogP contribution in [0.15, 0.2) is 35.4 Å². The second-order valence-corrected chi connectivity index (χ2v) is 9.44. The highest BCUT2D eigenvalue weighted by Crippen LogP contribution is 2.44. The molecule has 1 aromatic rings. The Kier molecular flexibility index (Phi) is 5.56. The summed E-state index contributed by atoms with van der Waals surface area (Å²) in [4.78, 5) is 2.77. The summed E-state index contributed by atoms with van der Waals surface area (Å²) in [6.45, 7) is 9.53. The third-order valence-corrected chi connectivity index (χ3v) is 7.75. The van der Waals surface area contributed by atoms with E-state index in [2.05, 4.69) is 31.0 Å². The highest BCUT2D eigenvalue weighted by atomic mass is 16.6. The van der Waals surface area contributed by atoms with Crippen LogP contribution >= 0.6 is 0 Å². The van der Waals surface area contributed by atoms with Crippen LogP contribution in [0, 0.1) is 5.21 Å². The van der Waals surface area contributed by atoms with Crippen molar-refractivity contribution in [2.24, 2.45) is 0 Å². The van der Waals surface area contributed by atoms with Crippen LogP contribution in [0.1, 0.15) is 72.1 Å². The van der Waals surface area contributed by atoms with Crippen molar-refractivity contribution < 1.29 is 0 Å². The van der Waals surface area contributed by atoms with Gasteiger partial charge >= 0.3 is 0 Å². The molecule has 1 saturated heterocycles. The second kappa shape index (κ2) is 7.81. The Morgan fingerprint density at radius 3 is 2.50 bits per heavy atom. The standard InChI is InChI=1S/C24H37N3O/c1-4-13-24(14-9-20(10-15-24)19(2)3)26-16-11-21(12-17-26)27(28)18-25-22-7-5-6-8-23(22)27/h5-8,21,25H,4,9-18H2,1-3H3. The maximum absolute atomic E-state index is 13.7. The Hall–Kier alpha value is -1.36. The first-order valence-electron chi connectivity index (χ1n) is 11.3. The van der Waals surface area contributed by atoms with Gasteiger partial charge in [0.2, 0.25) is 0 Å². The van der Waals surface area contributed by atoms with Crippen LogP contribution in [0.5, 0.6) is 0 Å². The van der Waals surface area contributed by atoms with Gasteiger partial charge in [0.15, 0.2) is 12.4 Å². The number of para-hydroxylation sites is 2. The van der Waals surface area contributed by atoms with Gasteiger partial charge in [0.05, 0.1) is 6.04 Å². The number of nitrogens with one attached hydrogen (secondary N) is 1. The molecule has 0 aromatic heterocycles. The van der Waals surface area contributed by atoms with E-state index in [1.54, 1.807) is 5.57 Å². The third kappa shape index (κ3) is 3.40. The summed E-state index contributed by atoms with van der Waals surface area (Å²) in [5, 5.41) is 17.1. The minimum Gasteiger partial charge on any atom is -0.626 e. The first kappa shape index (κ1) is 19.9. The molecule has 2 heterocycles. The van der Waals surface area contributed by atoms with E-state index in [1.165, 1.54) is 44.1 Å². The number of benzene rings is 1. The quantitative estimate of drug-likeness (QED) is 0.406. The maximum atomic E-state index is 13.7. The topological polar surface area (TPSA) is 38.3 Å². The van der Waals surface area contributed by atoms with E-state index in [9.17, 15) is 5.21 Å². The number of fused-ring (bicyclic) bond motifs is 1.